The first-order chi connectivity index (χ1) is 10.3. The molecule has 2 rings (SSSR count). The summed E-state index contributed by atoms with van der Waals surface area (Å²) < 4.78 is 52.4. The Bertz CT molecular complexity index is 658. The van der Waals surface area contributed by atoms with Gasteiger partial charge in [-0.05, 0) is 25.0 Å². The normalized spacial score (nSPS) is 16.6. The topological polar surface area (TPSA) is 66.5 Å². The molecular formula is C14H18F2N2O3S. The van der Waals surface area contributed by atoms with Crippen LogP contribution in [0.4, 0.5) is 14.5 Å². The van der Waals surface area contributed by atoms with E-state index in [1.165, 1.54) is 6.92 Å². The molecule has 1 aromatic carbocycles. The monoisotopic (exact) mass is 332 g/mol. The van der Waals surface area contributed by atoms with Crippen LogP contribution in [0, 0.1) is 17.6 Å². The van der Waals surface area contributed by atoms with Gasteiger partial charge in [-0.2, -0.15) is 0 Å². The van der Waals surface area contributed by atoms with Gasteiger partial charge in [-0.1, -0.05) is 6.92 Å². The lowest BCUT2D eigenvalue weighted by molar-refractivity contribution is -0.133. The van der Waals surface area contributed by atoms with Crippen LogP contribution in [0.2, 0.25) is 0 Å². The Kier molecular flexibility index (Phi) is 5.00. The summed E-state index contributed by atoms with van der Waals surface area (Å²) in [7, 11) is -3.90. The van der Waals surface area contributed by atoms with Crippen molar-refractivity contribution in [2.24, 2.45) is 5.92 Å². The molecule has 122 valence electrons. The van der Waals surface area contributed by atoms with Crippen LogP contribution < -0.4 is 4.72 Å². The second kappa shape index (κ2) is 6.60. The average molecular weight is 332 g/mol. The van der Waals surface area contributed by atoms with Crippen LogP contribution in [0.15, 0.2) is 18.2 Å². The van der Waals surface area contributed by atoms with Crippen molar-refractivity contribution in [1.82, 2.24) is 4.90 Å². The lowest BCUT2D eigenvalue weighted by atomic mass is 10.2. The maximum absolute atomic E-state index is 13.5. The van der Waals surface area contributed by atoms with E-state index in [0.717, 1.165) is 25.0 Å². The summed E-state index contributed by atoms with van der Waals surface area (Å²) >= 11 is 0. The minimum atomic E-state index is -3.90. The zero-order chi connectivity index (χ0) is 16.3. The van der Waals surface area contributed by atoms with Crippen molar-refractivity contribution in [3.05, 3.63) is 29.8 Å². The van der Waals surface area contributed by atoms with Crippen LogP contribution in [-0.4, -0.2) is 38.1 Å². The molecule has 0 saturated carbocycles. The van der Waals surface area contributed by atoms with Gasteiger partial charge in [0.05, 0.1) is 17.4 Å². The number of benzene rings is 1. The molecule has 1 N–H and O–H groups in total. The van der Waals surface area contributed by atoms with Gasteiger partial charge in [0.15, 0.2) is 0 Å². The van der Waals surface area contributed by atoms with Gasteiger partial charge in [0.2, 0.25) is 15.9 Å². The Morgan fingerprint density at radius 1 is 1.32 bits per heavy atom. The number of anilines is 1. The summed E-state index contributed by atoms with van der Waals surface area (Å²) in [5.74, 6) is -3.18. The van der Waals surface area contributed by atoms with E-state index in [-0.39, 0.29) is 11.6 Å². The Morgan fingerprint density at radius 2 is 1.95 bits per heavy atom. The van der Waals surface area contributed by atoms with Crippen molar-refractivity contribution in [1.29, 1.82) is 0 Å². The molecular weight excluding hydrogens is 314 g/mol. The number of likely N-dealkylation sites (tertiary alicyclic amines) is 1. The second-order valence-electron chi connectivity index (χ2n) is 5.44. The van der Waals surface area contributed by atoms with Crippen LogP contribution in [0.1, 0.15) is 19.8 Å². The fourth-order valence-corrected chi connectivity index (χ4v) is 3.82. The molecule has 1 atom stereocenters. The Labute approximate surface area is 128 Å². The lowest BCUT2D eigenvalue weighted by Gasteiger charge is -2.20. The fourth-order valence-electron chi connectivity index (χ4n) is 2.43. The molecule has 0 spiro atoms. The van der Waals surface area contributed by atoms with Crippen molar-refractivity contribution in [3.8, 4) is 0 Å². The van der Waals surface area contributed by atoms with Crippen molar-refractivity contribution < 1.29 is 22.0 Å². The summed E-state index contributed by atoms with van der Waals surface area (Å²) in [4.78, 5) is 13.7. The smallest absolute Gasteiger partial charge is 0.233 e. The largest absolute Gasteiger partial charge is 0.342 e. The zero-order valence-corrected chi connectivity index (χ0v) is 13.0. The lowest BCUT2D eigenvalue weighted by Crippen LogP contribution is -2.36. The summed E-state index contributed by atoms with van der Waals surface area (Å²) in [6.45, 7) is 2.81. The van der Waals surface area contributed by atoms with Gasteiger partial charge < -0.3 is 4.90 Å². The number of rotatable bonds is 5. The van der Waals surface area contributed by atoms with Gasteiger partial charge >= 0.3 is 0 Å². The van der Waals surface area contributed by atoms with E-state index in [4.69, 9.17) is 0 Å². The Hall–Kier alpha value is -1.70. The van der Waals surface area contributed by atoms with E-state index in [9.17, 15) is 22.0 Å². The van der Waals surface area contributed by atoms with E-state index in [1.54, 1.807) is 4.90 Å². The molecule has 1 amide bonds. The van der Waals surface area contributed by atoms with Crippen molar-refractivity contribution in [3.63, 3.8) is 0 Å². The number of nitrogens with zero attached hydrogens (tertiary/aromatic N) is 1. The first-order valence-corrected chi connectivity index (χ1v) is 8.68. The maximum atomic E-state index is 13.5. The molecule has 1 aliphatic heterocycles. The van der Waals surface area contributed by atoms with E-state index in [2.05, 4.69) is 0 Å². The molecule has 5 nitrogen and oxygen atoms in total. The highest BCUT2D eigenvalue weighted by Crippen LogP contribution is 2.18. The number of halogens is 2. The van der Waals surface area contributed by atoms with Gasteiger partial charge in [0, 0.05) is 19.2 Å². The van der Waals surface area contributed by atoms with Crippen LogP contribution in [0.5, 0.6) is 0 Å². The molecule has 22 heavy (non-hydrogen) atoms. The van der Waals surface area contributed by atoms with Crippen molar-refractivity contribution in [2.45, 2.75) is 19.8 Å². The van der Waals surface area contributed by atoms with E-state index < -0.39 is 33.3 Å². The fraction of sp³-hybridized carbons (Fsp3) is 0.500. The van der Waals surface area contributed by atoms with Crippen LogP contribution in [0.25, 0.3) is 0 Å². The molecule has 1 aromatic rings. The second-order valence-corrected chi connectivity index (χ2v) is 7.21. The van der Waals surface area contributed by atoms with Gasteiger partial charge in [0.1, 0.15) is 11.6 Å². The van der Waals surface area contributed by atoms with Crippen LogP contribution in [0.3, 0.4) is 0 Å². The predicted molar refractivity (Wildman–Crippen MR) is 78.7 cm³/mol. The SMILES string of the molecule is CC(CS(=O)(=O)Nc1ccc(F)cc1F)C(=O)N1CCCC1. The molecule has 1 heterocycles. The first-order valence-electron chi connectivity index (χ1n) is 7.03. The minimum Gasteiger partial charge on any atom is -0.342 e. The molecule has 8 heteroatoms. The van der Waals surface area contributed by atoms with Gasteiger partial charge in [-0.3, -0.25) is 9.52 Å². The van der Waals surface area contributed by atoms with Crippen LogP contribution in [-0.2, 0) is 14.8 Å². The number of carbonyl (C=O) groups excluding carboxylic acids is 1. The number of hydrogen-bond acceptors (Lipinski definition) is 3. The zero-order valence-electron chi connectivity index (χ0n) is 12.2. The first kappa shape index (κ1) is 16.7. The number of hydrogen-bond donors (Lipinski definition) is 1. The summed E-state index contributed by atoms with van der Waals surface area (Å²) in [6, 6.07) is 2.56. The molecule has 0 aromatic heterocycles. The van der Waals surface area contributed by atoms with E-state index >= 15 is 0 Å². The highest BCUT2D eigenvalue weighted by Gasteiger charge is 2.27. The average Bonchev–Trinajstić information content (AvgIpc) is 2.94. The highest BCUT2D eigenvalue weighted by molar-refractivity contribution is 7.92. The van der Waals surface area contributed by atoms with Gasteiger partial charge in [-0.15, -0.1) is 0 Å². The minimum absolute atomic E-state index is 0.220. The predicted octanol–water partition coefficient (Wildman–Crippen LogP) is 1.97. The third kappa shape index (κ3) is 4.16. The highest BCUT2D eigenvalue weighted by atomic mass is 32.2. The number of amides is 1. The summed E-state index contributed by atoms with van der Waals surface area (Å²) in [5, 5.41) is 0. The van der Waals surface area contributed by atoms with Crippen molar-refractivity contribution >= 4 is 21.6 Å². The number of carbonyl (C=O) groups is 1. The van der Waals surface area contributed by atoms with Crippen molar-refractivity contribution in [2.75, 3.05) is 23.6 Å². The summed E-state index contributed by atoms with van der Waals surface area (Å²) in [6.07, 6.45) is 1.84. The number of nitrogens with one attached hydrogen (secondary N) is 1. The third-order valence-electron chi connectivity index (χ3n) is 3.51. The maximum Gasteiger partial charge on any atom is 0.233 e. The Balaban J connectivity index is 2.02. The van der Waals surface area contributed by atoms with E-state index in [0.29, 0.717) is 19.2 Å². The molecule has 0 radical (unpaired) electrons. The van der Waals surface area contributed by atoms with Gasteiger partial charge in [-0.25, -0.2) is 17.2 Å². The number of sulfonamides is 1. The molecule has 1 saturated heterocycles. The molecule has 0 aliphatic carbocycles. The molecule has 1 unspecified atom stereocenters. The molecule has 0 bridgehead atoms. The Morgan fingerprint density at radius 3 is 2.55 bits per heavy atom. The van der Waals surface area contributed by atoms with Crippen LogP contribution >= 0.6 is 0 Å². The molecule has 1 fully saturated rings. The summed E-state index contributed by atoms with van der Waals surface area (Å²) in [5.41, 5.74) is -0.331. The quantitative estimate of drug-likeness (QED) is 0.896. The standard InChI is InChI=1S/C14H18F2N2O3S/c1-10(14(19)18-6-2-3-7-18)9-22(20,21)17-13-5-4-11(15)8-12(13)16/h4-5,8,10,17H,2-3,6-7,9H2,1H3. The molecule has 1 aliphatic rings. The van der Waals surface area contributed by atoms with Gasteiger partial charge in [0.25, 0.3) is 0 Å². The third-order valence-corrected chi connectivity index (χ3v) is 4.98. The van der Waals surface area contributed by atoms with E-state index in [1.807, 2.05) is 4.72 Å².